The minimum Gasteiger partial charge on any atom is -0.385 e. The monoisotopic (exact) mass is 555 g/mol. The van der Waals surface area contributed by atoms with Gasteiger partial charge in [-0.15, -0.1) is 0 Å². The van der Waals surface area contributed by atoms with Gasteiger partial charge in [-0.3, -0.25) is 4.79 Å². The van der Waals surface area contributed by atoms with Gasteiger partial charge >= 0.3 is 0 Å². The number of piperidine rings is 1. The highest BCUT2D eigenvalue weighted by atomic mass is 35.5. The first-order chi connectivity index (χ1) is 19.4. The van der Waals surface area contributed by atoms with Crippen molar-refractivity contribution in [3.8, 4) is 0 Å². The number of rotatable bonds is 5. The van der Waals surface area contributed by atoms with Crippen LogP contribution in [0.3, 0.4) is 0 Å². The molecule has 2 aliphatic heterocycles. The molecule has 8 heteroatoms. The quantitative estimate of drug-likeness (QED) is 0.360. The Bertz CT molecular complexity index is 1510. The fourth-order valence-corrected chi connectivity index (χ4v) is 7.08. The molecule has 4 heterocycles. The van der Waals surface area contributed by atoms with Crippen LogP contribution in [0.25, 0.3) is 5.65 Å². The zero-order chi connectivity index (χ0) is 27.3. The number of carbonyl (C=O) groups is 1. The lowest BCUT2D eigenvalue weighted by Crippen LogP contribution is -2.42. The highest BCUT2D eigenvalue weighted by Crippen LogP contribution is 2.38. The number of halogens is 1. The maximum atomic E-state index is 13.1. The topological polar surface area (TPSA) is 74.0 Å². The number of likely N-dealkylation sites (tertiary alicyclic amines) is 1. The van der Waals surface area contributed by atoms with Crippen LogP contribution < -0.4 is 4.90 Å². The number of nitrogens with zero attached hydrogens (tertiary/aromatic N) is 5. The lowest BCUT2D eigenvalue weighted by molar-refractivity contribution is 0.0118. The van der Waals surface area contributed by atoms with E-state index in [1.165, 1.54) is 19.3 Å². The molecule has 40 heavy (non-hydrogen) atoms. The van der Waals surface area contributed by atoms with E-state index in [1.807, 2.05) is 70.2 Å². The Morgan fingerprint density at radius 2 is 1.68 bits per heavy atom. The number of hydrogen-bond donors (Lipinski definition) is 1. The molecule has 2 aromatic heterocycles. The largest absolute Gasteiger partial charge is 0.385 e. The number of carbonyl (C=O) groups excluding carboxylic acids is 1. The summed E-state index contributed by atoms with van der Waals surface area (Å²) in [5.41, 5.74) is 3.74. The van der Waals surface area contributed by atoms with Gasteiger partial charge in [-0.05, 0) is 85.0 Å². The first-order valence-corrected chi connectivity index (χ1v) is 14.8. The summed E-state index contributed by atoms with van der Waals surface area (Å²) in [7, 11) is 0. The first kappa shape index (κ1) is 25.5. The zero-order valence-corrected chi connectivity index (χ0v) is 23.3. The van der Waals surface area contributed by atoms with Crippen LogP contribution in [0.1, 0.15) is 59.4 Å². The van der Waals surface area contributed by atoms with Crippen molar-refractivity contribution in [2.24, 2.45) is 11.8 Å². The zero-order valence-electron chi connectivity index (χ0n) is 22.5. The fourth-order valence-electron chi connectivity index (χ4n) is 6.96. The summed E-state index contributed by atoms with van der Waals surface area (Å²) >= 11 is 6.05. The van der Waals surface area contributed by atoms with Gasteiger partial charge in [-0.1, -0.05) is 42.3 Å². The second-order valence-corrected chi connectivity index (χ2v) is 12.2. The molecule has 7 nitrogen and oxygen atoms in total. The molecule has 0 unspecified atom stereocenters. The van der Waals surface area contributed by atoms with Crippen LogP contribution in [-0.2, 0) is 12.0 Å². The minimum atomic E-state index is -0.855. The number of aromatic nitrogens is 3. The highest BCUT2D eigenvalue weighted by molar-refractivity contribution is 6.30. The molecule has 206 valence electrons. The van der Waals surface area contributed by atoms with Gasteiger partial charge in [0.2, 0.25) is 0 Å². The van der Waals surface area contributed by atoms with Crippen molar-refractivity contribution in [1.82, 2.24) is 19.5 Å². The van der Waals surface area contributed by atoms with Crippen molar-refractivity contribution in [3.63, 3.8) is 0 Å². The van der Waals surface area contributed by atoms with Crippen molar-refractivity contribution in [3.05, 3.63) is 94.4 Å². The third-order valence-electron chi connectivity index (χ3n) is 9.28. The van der Waals surface area contributed by atoms with E-state index in [0.29, 0.717) is 36.1 Å². The third kappa shape index (κ3) is 4.75. The Kier molecular flexibility index (Phi) is 6.51. The Hall–Kier alpha value is -3.42. The summed E-state index contributed by atoms with van der Waals surface area (Å²) in [6, 6.07) is 19.5. The first-order valence-electron chi connectivity index (χ1n) is 14.4. The Labute approximate surface area is 239 Å². The van der Waals surface area contributed by atoms with Crippen LogP contribution >= 0.6 is 11.6 Å². The molecule has 0 spiro atoms. The summed E-state index contributed by atoms with van der Waals surface area (Å²) < 4.78 is 1.84. The second-order valence-electron chi connectivity index (χ2n) is 11.8. The Morgan fingerprint density at radius 1 is 0.975 bits per heavy atom. The molecular weight excluding hydrogens is 522 g/mol. The van der Waals surface area contributed by atoms with Crippen LogP contribution in [0.4, 0.5) is 5.69 Å². The number of pyridine rings is 1. The molecule has 7 rings (SSSR count). The molecule has 1 N–H and O–H groups in total. The van der Waals surface area contributed by atoms with E-state index >= 15 is 0 Å². The minimum absolute atomic E-state index is 0.154. The summed E-state index contributed by atoms with van der Waals surface area (Å²) in [5.74, 6) is 2.30. The van der Waals surface area contributed by atoms with Crippen molar-refractivity contribution in [1.29, 1.82) is 0 Å². The molecule has 4 aromatic rings. The third-order valence-corrected chi connectivity index (χ3v) is 9.53. The number of fused-ring (bicyclic) bond motifs is 2. The molecule has 3 aliphatic rings. The Morgan fingerprint density at radius 3 is 2.38 bits per heavy atom. The number of hydrogen-bond acceptors (Lipinski definition) is 5. The predicted octanol–water partition coefficient (Wildman–Crippen LogP) is 5.33. The summed E-state index contributed by atoms with van der Waals surface area (Å²) in [6.07, 6.45) is 7.63. The van der Waals surface area contributed by atoms with E-state index in [-0.39, 0.29) is 5.91 Å². The van der Waals surface area contributed by atoms with E-state index in [4.69, 9.17) is 21.7 Å². The van der Waals surface area contributed by atoms with Crippen molar-refractivity contribution < 1.29 is 9.90 Å². The lowest BCUT2D eigenvalue weighted by atomic mass is 9.84. The molecule has 2 saturated heterocycles. The maximum absolute atomic E-state index is 13.1. The second kappa shape index (κ2) is 10.2. The van der Waals surface area contributed by atoms with E-state index < -0.39 is 5.60 Å². The van der Waals surface area contributed by atoms with E-state index in [0.717, 1.165) is 60.0 Å². The van der Waals surface area contributed by atoms with Gasteiger partial charge in [-0.2, -0.15) is 5.10 Å². The fraction of sp³-hybridized carbons (Fsp3) is 0.406. The van der Waals surface area contributed by atoms with Crippen LogP contribution in [-0.4, -0.2) is 56.7 Å². The number of aliphatic hydroxyl groups is 1. The van der Waals surface area contributed by atoms with E-state index in [2.05, 4.69) is 11.0 Å². The Balaban J connectivity index is 1.03. The summed E-state index contributed by atoms with van der Waals surface area (Å²) in [6.45, 7) is 3.26. The number of benzene rings is 2. The molecular formula is C32H34ClN5O2. The molecule has 1 aliphatic carbocycles. The summed E-state index contributed by atoms with van der Waals surface area (Å²) in [5, 5.41) is 16.7. The van der Waals surface area contributed by atoms with Gasteiger partial charge in [0.25, 0.3) is 5.91 Å². The van der Waals surface area contributed by atoms with Gasteiger partial charge in [0, 0.05) is 49.4 Å². The standard InChI is InChI=1S/C32H34ClN5O2/c33-27-12-10-26(11-13-27)32(40)14-17-36(18-15-32)28-5-2-16-38-30(28)34-29(35-38)19-22-6-8-23(9-7-22)31(39)37-20-24-3-1-4-25(24)21-37/h2,5-13,16,24-25,40H,1,3-4,14-15,17-21H2/t24-,25+. The molecule has 1 amide bonds. The van der Waals surface area contributed by atoms with Gasteiger partial charge in [0.15, 0.2) is 11.5 Å². The number of amides is 1. The highest BCUT2D eigenvalue weighted by Gasteiger charge is 2.38. The lowest BCUT2D eigenvalue weighted by Gasteiger charge is -2.39. The maximum Gasteiger partial charge on any atom is 0.253 e. The van der Waals surface area contributed by atoms with Gasteiger partial charge in [0.05, 0.1) is 11.3 Å². The SMILES string of the molecule is O=C(c1ccc(Cc2nc3c(N4CCC(O)(c5ccc(Cl)cc5)CC4)cccn3n2)cc1)N1C[C@H]2CCC[C@H]2C1. The van der Waals surface area contributed by atoms with Crippen LogP contribution in [0, 0.1) is 11.8 Å². The molecule has 3 fully saturated rings. The predicted molar refractivity (Wildman–Crippen MR) is 156 cm³/mol. The van der Waals surface area contributed by atoms with Crippen molar-refractivity contribution >= 4 is 28.8 Å². The van der Waals surface area contributed by atoms with Crippen molar-refractivity contribution in [2.45, 2.75) is 44.1 Å². The van der Waals surface area contributed by atoms with Crippen LogP contribution in [0.5, 0.6) is 0 Å². The average Bonchev–Trinajstić information content (AvgIpc) is 3.69. The van der Waals surface area contributed by atoms with Crippen LogP contribution in [0.15, 0.2) is 66.9 Å². The van der Waals surface area contributed by atoms with Crippen LogP contribution in [0.2, 0.25) is 5.02 Å². The normalized spacial score (nSPS) is 22.1. The van der Waals surface area contributed by atoms with E-state index in [9.17, 15) is 9.90 Å². The van der Waals surface area contributed by atoms with Crippen molar-refractivity contribution in [2.75, 3.05) is 31.1 Å². The molecule has 2 atom stereocenters. The van der Waals surface area contributed by atoms with Gasteiger partial charge in [0.1, 0.15) is 0 Å². The average molecular weight is 556 g/mol. The summed E-state index contributed by atoms with van der Waals surface area (Å²) in [4.78, 5) is 22.3. The number of anilines is 1. The molecule has 2 aromatic carbocycles. The van der Waals surface area contributed by atoms with E-state index in [1.54, 1.807) is 0 Å². The van der Waals surface area contributed by atoms with Gasteiger partial charge in [-0.25, -0.2) is 9.50 Å². The molecule has 1 saturated carbocycles. The molecule has 0 bridgehead atoms. The van der Waals surface area contributed by atoms with Gasteiger partial charge < -0.3 is 14.9 Å². The molecule has 0 radical (unpaired) electrons. The smallest absolute Gasteiger partial charge is 0.253 e.